The third-order valence-corrected chi connectivity index (χ3v) is 3.42. The van der Waals surface area contributed by atoms with Gasteiger partial charge in [0.05, 0.1) is 17.6 Å². The number of hydrogen-bond donors (Lipinski definition) is 2. The highest BCUT2D eigenvalue weighted by Gasteiger charge is 2.34. The Morgan fingerprint density at radius 1 is 1.56 bits per heavy atom. The standard InChI is InChI=1S/C13H20N4O/c1-17(2)11-4-7-15-9-10(11)16-12(18)8-13(14)5-3-6-13/h4,7,9H,3,5-6,8,14H2,1-2H3,(H,16,18). The molecule has 0 saturated heterocycles. The summed E-state index contributed by atoms with van der Waals surface area (Å²) in [4.78, 5) is 17.9. The number of carbonyl (C=O) groups is 1. The average Bonchev–Trinajstić information content (AvgIpc) is 2.27. The number of nitrogens with zero attached hydrogens (tertiary/aromatic N) is 2. The number of amides is 1. The molecule has 1 aliphatic rings. The average molecular weight is 248 g/mol. The van der Waals surface area contributed by atoms with Gasteiger partial charge in [-0.25, -0.2) is 0 Å². The topological polar surface area (TPSA) is 71.2 Å². The molecule has 0 bridgehead atoms. The molecule has 0 radical (unpaired) electrons. The summed E-state index contributed by atoms with van der Waals surface area (Å²) in [5.41, 5.74) is 7.46. The number of carbonyl (C=O) groups excluding carboxylic acids is 1. The Labute approximate surface area is 107 Å². The van der Waals surface area contributed by atoms with Crippen LogP contribution >= 0.6 is 0 Å². The first kappa shape index (κ1) is 12.8. The second kappa shape index (κ2) is 4.94. The molecule has 0 aromatic carbocycles. The minimum absolute atomic E-state index is 0.0340. The molecule has 1 aromatic heterocycles. The molecule has 1 saturated carbocycles. The van der Waals surface area contributed by atoms with E-state index in [1.807, 2.05) is 25.1 Å². The lowest BCUT2D eigenvalue weighted by Crippen LogP contribution is -2.49. The van der Waals surface area contributed by atoms with Crippen molar-refractivity contribution < 1.29 is 4.79 Å². The van der Waals surface area contributed by atoms with Crippen molar-refractivity contribution in [1.82, 2.24) is 4.98 Å². The van der Waals surface area contributed by atoms with Crippen LogP contribution in [0.2, 0.25) is 0 Å². The van der Waals surface area contributed by atoms with Gasteiger partial charge in [0.1, 0.15) is 0 Å². The van der Waals surface area contributed by atoms with E-state index in [9.17, 15) is 4.79 Å². The van der Waals surface area contributed by atoms with E-state index in [1.165, 1.54) is 0 Å². The van der Waals surface area contributed by atoms with Gasteiger partial charge in [0.25, 0.3) is 0 Å². The van der Waals surface area contributed by atoms with Crippen LogP contribution in [0.1, 0.15) is 25.7 Å². The zero-order valence-electron chi connectivity index (χ0n) is 10.9. The van der Waals surface area contributed by atoms with Gasteiger partial charge in [-0.2, -0.15) is 0 Å². The van der Waals surface area contributed by atoms with E-state index in [1.54, 1.807) is 12.4 Å². The first-order valence-electron chi connectivity index (χ1n) is 6.20. The van der Waals surface area contributed by atoms with E-state index in [0.29, 0.717) is 6.42 Å². The van der Waals surface area contributed by atoms with Crippen LogP contribution < -0.4 is 16.0 Å². The van der Waals surface area contributed by atoms with E-state index < -0.39 is 0 Å². The molecule has 2 rings (SSSR count). The van der Waals surface area contributed by atoms with Gasteiger partial charge in [-0.1, -0.05) is 0 Å². The lowest BCUT2D eigenvalue weighted by atomic mass is 9.75. The van der Waals surface area contributed by atoms with Crippen molar-refractivity contribution in [3.8, 4) is 0 Å². The molecule has 1 aromatic rings. The van der Waals surface area contributed by atoms with Crippen LogP contribution in [0, 0.1) is 0 Å². The van der Waals surface area contributed by atoms with Crippen LogP contribution in [-0.2, 0) is 4.79 Å². The minimum atomic E-state index is -0.287. The smallest absolute Gasteiger partial charge is 0.226 e. The second-order valence-corrected chi connectivity index (χ2v) is 5.23. The number of nitrogens with two attached hydrogens (primary N) is 1. The summed E-state index contributed by atoms with van der Waals surface area (Å²) in [5.74, 6) is -0.0340. The molecule has 0 aliphatic heterocycles. The molecule has 98 valence electrons. The predicted molar refractivity (Wildman–Crippen MR) is 72.6 cm³/mol. The number of hydrogen-bond acceptors (Lipinski definition) is 4. The molecule has 5 heteroatoms. The van der Waals surface area contributed by atoms with Crippen LogP contribution in [0.15, 0.2) is 18.5 Å². The summed E-state index contributed by atoms with van der Waals surface area (Å²) >= 11 is 0. The van der Waals surface area contributed by atoms with Gasteiger partial charge in [-0.05, 0) is 25.3 Å². The van der Waals surface area contributed by atoms with E-state index in [4.69, 9.17) is 5.73 Å². The van der Waals surface area contributed by atoms with Crippen molar-refractivity contribution >= 4 is 17.3 Å². The fourth-order valence-electron chi connectivity index (χ4n) is 2.20. The summed E-state index contributed by atoms with van der Waals surface area (Å²) in [6, 6.07) is 1.87. The Kier molecular flexibility index (Phi) is 3.52. The quantitative estimate of drug-likeness (QED) is 0.844. The third-order valence-electron chi connectivity index (χ3n) is 3.42. The molecule has 1 fully saturated rings. The summed E-state index contributed by atoms with van der Waals surface area (Å²) in [6.45, 7) is 0. The number of anilines is 2. The number of rotatable bonds is 4. The van der Waals surface area contributed by atoms with Gasteiger partial charge in [0.15, 0.2) is 0 Å². The van der Waals surface area contributed by atoms with Crippen molar-refractivity contribution in [1.29, 1.82) is 0 Å². The van der Waals surface area contributed by atoms with Gasteiger partial charge >= 0.3 is 0 Å². The zero-order valence-corrected chi connectivity index (χ0v) is 10.9. The highest BCUT2D eigenvalue weighted by atomic mass is 16.1. The SMILES string of the molecule is CN(C)c1ccncc1NC(=O)CC1(N)CCC1. The third kappa shape index (κ3) is 2.79. The normalized spacial score (nSPS) is 16.8. The predicted octanol–water partition coefficient (Wildman–Crippen LogP) is 1.36. The lowest BCUT2D eigenvalue weighted by Gasteiger charge is -2.37. The second-order valence-electron chi connectivity index (χ2n) is 5.23. The Hall–Kier alpha value is -1.62. The largest absolute Gasteiger partial charge is 0.376 e. The number of aromatic nitrogens is 1. The van der Waals surface area contributed by atoms with Crippen molar-refractivity contribution in [2.45, 2.75) is 31.2 Å². The van der Waals surface area contributed by atoms with Crippen molar-refractivity contribution in [3.05, 3.63) is 18.5 Å². The van der Waals surface area contributed by atoms with E-state index in [-0.39, 0.29) is 11.4 Å². The highest BCUT2D eigenvalue weighted by Crippen LogP contribution is 2.32. The van der Waals surface area contributed by atoms with Gasteiger partial charge in [-0.15, -0.1) is 0 Å². The fraction of sp³-hybridized carbons (Fsp3) is 0.538. The van der Waals surface area contributed by atoms with E-state index >= 15 is 0 Å². The van der Waals surface area contributed by atoms with Gasteiger partial charge < -0.3 is 16.0 Å². The maximum absolute atomic E-state index is 12.0. The van der Waals surface area contributed by atoms with Crippen LogP contribution in [0.3, 0.4) is 0 Å². The number of nitrogens with one attached hydrogen (secondary N) is 1. The molecule has 0 atom stereocenters. The van der Waals surface area contributed by atoms with Gasteiger partial charge in [-0.3, -0.25) is 9.78 Å². The summed E-state index contributed by atoms with van der Waals surface area (Å²) < 4.78 is 0. The van der Waals surface area contributed by atoms with Crippen LogP contribution in [0.25, 0.3) is 0 Å². The maximum Gasteiger partial charge on any atom is 0.226 e. The molecule has 0 unspecified atom stereocenters. The first-order valence-corrected chi connectivity index (χ1v) is 6.20. The molecule has 1 heterocycles. The van der Waals surface area contributed by atoms with Crippen molar-refractivity contribution in [3.63, 3.8) is 0 Å². The van der Waals surface area contributed by atoms with E-state index in [2.05, 4.69) is 10.3 Å². The molecular weight excluding hydrogens is 228 g/mol. The Bertz CT molecular complexity index is 440. The molecule has 0 spiro atoms. The van der Waals surface area contributed by atoms with E-state index in [0.717, 1.165) is 30.6 Å². The van der Waals surface area contributed by atoms with Crippen LogP contribution in [-0.4, -0.2) is 30.5 Å². The molecule has 3 N–H and O–H groups in total. The Morgan fingerprint density at radius 3 is 2.83 bits per heavy atom. The maximum atomic E-state index is 12.0. The molecule has 1 amide bonds. The van der Waals surface area contributed by atoms with Crippen molar-refractivity contribution in [2.75, 3.05) is 24.3 Å². The Balaban J connectivity index is 2.02. The minimum Gasteiger partial charge on any atom is -0.376 e. The highest BCUT2D eigenvalue weighted by molar-refractivity contribution is 5.94. The fourth-order valence-corrected chi connectivity index (χ4v) is 2.20. The van der Waals surface area contributed by atoms with Crippen molar-refractivity contribution in [2.24, 2.45) is 5.73 Å². The van der Waals surface area contributed by atoms with Crippen LogP contribution in [0.4, 0.5) is 11.4 Å². The molecule has 5 nitrogen and oxygen atoms in total. The number of pyridine rings is 1. The first-order chi connectivity index (χ1) is 8.50. The van der Waals surface area contributed by atoms with Gasteiger partial charge in [0.2, 0.25) is 5.91 Å². The van der Waals surface area contributed by atoms with Crippen LogP contribution in [0.5, 0.6) is 0 Å². The summed E-state index contributed by atoms with van der Waals surface area (Å²) in [5, 5.41) is 2.89. The summed E-state index contributed by atoms with van der Waals surface area (Å²) in [7, 11) is 3.86. The molecule has 18 heavy (non-hydrogen) atoms. The monoisotopic (exact) mass is 248 g/mol. The molecular formula is C13H20N4O. The lowest BCUT2D eigenvalue weighted by molar-refractivity contribution is -0.118. The zero-order chi connectivity index (χ0) is 13.2. The Morgan fingerprint density at radius 2 is 2.28 bits per heavy atom. The molecule has 1 aliphatic carbocycles. The van der Waals surface area contributed by atoms with Gasteiger partial charge in [0, 0.05) is 32.3 Å². The summed E-state index contributed by atoms with van der Waals surface area (Å²) in [6.07, 6.45) is 6.76.